The maximum atomic E-state index is 13.5. The Morgan fingerprint density at radius 2 is 1.55 bits per heavy atom. The van der Waals surface area contributed by atoms with Crippen molar-refractivity contribution >= 4 is 41.4 Å². The zero-order valence-corrected chi connectivity index (χ0v) is 22.8. The number of imidazole rings is 1. The normalized spacial score (nSPS) is 13.8. The Balaban J connectivity index is 2.26. The number of amides is 4. The van der Waals surface area contributed by atoms with Gasteiger partial charge in [-0.15, -0.1) is 0 Å². The van der Waals surface area contributed by atoms with Crippen molar-refractivity contribution in [2.75, 3.05) is 12.0 Å². The van der Waals surface area contributed by atoms with Crippen LogP contribution in [0, 0.1) is 0 Å². The molecule has 0 radical (unpaired) electrons. The molecule has 0 fully saturated rings. The van der Waals surface area contributed by atoms with Gasteiger partial charge >= 0.3 is 5.97 Å². The van der Waals surface area contributed by atoms with Gasteiger partial charge in [0.2, 0.25) is 23.6 Å². The Morgan fingerprint density at radius 3 is 2.10 bits per heavy atom. The van der Waals surface area contributed by atoms with Gasteiger partial charge < -0.3 is 42.6 Å². The minimum absolute atomic E-state index is 0.00742. The van der Waals surface area contributed by atoms with Gasteiger partial charge in [0.1, 0.15) is 23.9 Å². The summed E-state index contributed by atoms with van der Waals surface area (Å²) in [4.78, 5) is 68.9. The molecule has 2 aromatic rings. The molecule has 0 spiro atoms. The van der Waals surface area contributed by atoms with Crippen molar-refractivity contribution in [3.63, 3.8) is 0 Å². The van der Waals surface area contributed by atoms with Crippen LogP contribution >= 0.6 is 11.8 Å². The molecule has 0 aliphatic carbocycles. The number of aromatic amines is 1. The van der Waals surface area contributed by atoms with E-state index >= 15 is 0 Å². The average molecular weight is 578 g/mol. The predicted octanol–water partition coefficient (Wildman–Crippen LogP) is -1.21. The molecule has 0 saturated carbocycles. The van der Waals surface area contributed by atoms with Gasteiger partial charge in [0, 0.05) is 31.2 Å². The number of hydrogen-bond acceptors (Lipinski definition) is 9. The number of nitrogens with two attached hydrogens (primary N) is 2. The Bertz CT molecular complexity index is 1140. The molecule has 4 atom stereocenters. The van der Waals surface area contributed by atoms with Crippen molar-refractivity contribution in [3.8, 4) is 5.75 Å². The van der Waals surface area contributed by atoms with E-state index in [0.29, 0.717) is 17.0 Å². The van der Waals surface area contributed by atoms with Gasteiger partial charge in [-0.1, -0.05) is 12.1 Å². The largest absolute Gasteiger partial charge is 0.508 e. The fraction of sp³-hybridized carbons (Fsp3) is 0.440. The maximum Gasteiger partial charge on any atom is 0.326 e. The number of rotatable bonds is 17. The molecule has 40 heavy (non-hydrogen) atoms. The van der Waals surface area contributed by atoms with Gasteiger partial charge in [0.05, 0.1) is 12.4 Å². The van der Waals surface area contributed by atoms with Crippen molar-refractivity contribution < 1.29 is 34.2 Å². The molecule has 4 unspecified atom stereocenters. The summed E-state index contributed by atoms with van der Waals surface area (Å²) < 4.78 is 0. The number of carboxylic acids is 1. The van der Waals surface area contributed by atoms with E-state index in [-0.39, 0.29) is 37.9 Å². The summed E-state index contributed by atoms with van der Waals surface area (Å²) in [5, 5.41) is 26.8. The molecule has 0 aliphatic heterocycles. The van der Waals surface area contributed by atoms with Crippen LogP contribution in [-0.2, 0) is 36.8 Å². The smallest absolute Gasteiger partial charge is 0.326 e. The van der Waals surface area contributed by atoms with E-state index in [1.165, 1.54) is 36.4 Å². The highest BCUT2D eigenvalue weighted by Crippen LogP contribution is 2.12. The van der Waals surface area contributed by atoms with Crippen molar-refractivity contribution in [1.29, 1.82) is 0 Å². The van der Waals surface area contributed by atoms with Gasteiger partial charge in [-0.2, -0.15) is 11.8 Å². The second-order valence-corrected chi connectivity index (χ2v) is 10.1. The number of H-pyrrole nitrogens is 1. The topological polar surface area (TPSA) is 243 Å². The average Bonchev–Trinajstić information content (AvgIpc) is 3.42. The fourth-order valence-electron chi connectivity index (χ4n) is 3.65. The quantitative estimate of drug-likeness (QED) is 0.111. The van der Waals surface area contributed by atoms with E-state index in [0.717, 1.165) is 0 Å². The van der Waals surface area contributed by atoms with Crippen molar-refractivity contribution in [3.05, 3.63) is 48.0 Å². The highest BCUT2D eigenvalue weighted by molar-refractivity contribution is 7.98. The number of nitrogens with one attached hydrogen (secondary N) is 4. The number of nitrogens with zero attached hydrogens (tertiary/aromatic N) is 1. The Morgan fingerprint density at radius 1 is 0.950 bits per heavy atom. The summed E-state index contributed by atoms with van der Waals surface area (Å²) >= 11 is 1.43. The molecule has 15 heteroatoms. The predicted molar refractivity (Wildman–Crippen MR) is 147 cm³/mol. The van der Waals surface area contributed by atoms with E-state index in [9.17, 15) is 34.2 Å². The van der Waals surface area contributed by atoms with Gasteiger partial charge in [0.25, 0.3) is 0 Å². The molecule has 4 amide bonds. The van der Waals surface area contributed by atoms with Crippen LogP contribution in [0.1, 0.15) is 30.5 Å². The summed E-state index contributed by atoms with van der Waals surface area (Å²) in [6.07, 6.45) is 4.62. The number of phenols is 1. The lowest BCUT2D eigenvalue weighted by atomic mass is 10.0. The molecule has 14 nitrogen and oxygen atoms in total. The van der Waals surface area contributed by atoms with Crippen LogP contribution in [0.15, 0.2) is 36.8 Å². The SMILES string of the molecule is CSCCC(NC(=O)C(Cc1cnc[nH]1)NC(=O)C(Cc1ccc(O)cc1)NC(=O)C(N)CCC(N)=O)C(=O)O. The number of aromatic nitrogens is 2. The minimum atomic E-state index is -1.22. The number of hydrogen-bond donors (Lipinski definition) is 8. The van der Waals surface area contributed by atoms with Crippen LogP contribution in [0.3, 0.4) is 0 Å². The Labute approximate surface area is 235 Å². The third-order valence-electron chi connectivity index (χ3n) is 5.88. The first-order valence-corrected chi connectivity index (χ1v) is 13.8. The first-order chi connectivity index (χ1) is 19.0. The number of primary amides is 1. The third-order valence-corrected chi connectivity index (χ3v) is 6.53. The van der Waals surface area contributed by atoms with Crippen LogP contribution in [0.5, 0.6) is 5.75 Å². The maximum absolute atomic E-state index is 13.5. The summed E-state index contributed by atoms with van der Waals surface area (Å²) in [6, 6.07) is 1.24. The number of phenolic OH excluding ortho intramolecular Hbond substituents is 1. The molecule has 0 aliphatic rings. The molecule has 0 bridgehead atoms. The molecule has 1 aromatic carbocycles. The molecule has 2 rings (SSSR count). The van der Waals surface area contributed by atoms with Crippen molar-refractivity contribution in [2.45, 2.75) is 56.3 Å². The number of benzene rings is 1. The number of carboxylic acid groups (broad SMARTS) is 1. The highest BCUT2D eigenvalue weighted by Gasteiger charge is 2.31. The van der Waals surface area contributed by atoms with Crippen LogP contribution in [0.4, 0.5) is 0 Å². The monoisotopic (exact) mass is 577 g/mol. The standard InChI is InChI=1S/C25H35N7O7S/c1-40-9-8-18(25(38)39)30-24(37)20(11-15-12-28-13-29-15)32-23(36)19(10-14-2-4-16(33)5-3-14)31-22(35)17(26)6-7-21(27)34/h2-5,12-13,17-20,33H,6-11,26H2,1H3,(H2,27,34)(H,28,29)(H,30,37)(H,31,35)(H,32,36)(H,38,39). The molecular formula is C25H35N7O7S. The lowest BCUT2D eigenvalue weighted by molar-refractivity contribution is -0.142. The highest BCUT2D eigenvalue weighted by atomic mass is 32.2. The lowest BCUT2D eigenvalue weighted by Gasteiger charge is -2.25. The molecule has 218 valence electrons. The molecule has 1 aromatic heterocycles. The van der Waals surface area contributed by atoms with Crippen molar-refractivity contribution in [1.82, 2.24) is 25.9 Å². The van der Waals surface area contributed by atoms with Crippen LogP contribution < -0.4 is 27.4 Å². The molecule has 0 saturated heterocycles. The van der Waals surface area contributed by atoms with Crippen molar-refractivity contribution in [2.24, 2.45) is 11.5 Å². The van der Waals surface area contributed by atoms with E-state index in [1.54, 1.807) is 12.1 Å². The Kier molecular flexibility index (Phi) is 12.9. The summed E-state index contributed by atoms with van der Waals surface area (Å²) in [5.74, 6) is -3.52. The van der Waals surface area contributed by atoms with Crippen LogP contribution in [0.25, 0.3) is 0 Å². The first kappa shape index (κ1) is 32.1. The van der Waals surface area contributed by atoms with Gasteiger partial charge in [0.15, 0.2) is 0 Å². The Hall–Kier alpha value is -4.11. The zero-order valence-electron chi connectivity index (χ0n) is 22.0. The number of carbonyl (C=O) groups is 5. The van der Waals surface area contributed by atoms with E-state index < -0.39 is 53.8 Å². The van der Waals surface area contributed by atoms with Crippen LogP contribution in [0.2, 0.25) is 0 Å². The lowest BCUT2D eigenvalue weighted by Crippen LogP contribution is -2.58. The van der Waals surface area contributed by atoms with Gasteiger partial charge in [-0.05, 0) is 42.5 Å². The summed E-state index contributed by atoms with van der Waals surface area (Å²) in [5.41, 5.74) is 12.1. The summed E-state index contributed by atoms with van der Waals surface area (Å²) in [6.45, 7) is 0. The number of thioether (sulfide) groups is 1. The van der Waals surface area contributed by atoms with E-state index in [1.807, 2.05) is 6.26 Å². The molecule has 1 heterocycles. The minimum Gasteiger partial charge on any atom is -0.508 e. The van der Waals surface area contributed by atoms with Gasteiger partial charge in [-0.25, -0.2) is 9.78 Å². The number of aromatic hydroxyl groups is 1. The number of aliphatic carboxylic acids is 1. The van der Waals surface area contributed by atoms with E-state index in [4.69, 9.17) is 11.5 Å². The molecular weight excluding hydrogens is 542 g/mol. The molecule has 10 N–H and O–H groups in total. The third kappa shape index (κ3) is 10.9. The van der Waals surface area contributed by atoms with Crippen LogP contribution in [-0.4, -0.2) is 86.0 Å². The zero-order chi connectivity index (χ0) is 29.7. The second-order valence-electron chi connectivity index (χ2n) is 9.07. The van der Waals surface area contributed by atoms with Gasteiger partial charge in [-0.3, -0.25) is 19.2 Å². The van der Waals surface area contributed by atoms with E-state index in [2.05, 4.69) is 25.9 Å². The number of carbonyl (C=O) groups excluding carboxylic acids is 4. The fourth-order valence-corrected chi connectivity index (χ4v) is 4.12. The first-order valence-electron chi connectivity index (χ1n) is 12.4. The summed E-state index contributed by atoms with van der Waals surface area (Å²) in [7, 11) is 0. The second kappa shape index (κ2) is 16.1.